The predicted molar refractivity (Wildman–Crippen MR) is 108 cm³/mol. The van der Waals surface area contributed by atoms with Gasteiger partial charge in [0.05, 0.1) is 10.6 Å². The van der Waals surface area contributed by atoms with Gasteiger partial charge in [-0.1, -0.05) is 27.5 Å². The fourth-order valence-corrected chi connectivity index (χ4v) is 3.61. The number of aromatic hydroxyl groups is 1. The number of phenolic OH excluding ortho intramolecular Hbond substituents is 1. The maximum absolute atomic E-state index is 12.2. The standard InChI is InChI=1S/C18H14BrClN2O2S/c1-9-5-13(6-10(2)16(9)19)21-18-22-17(24)15(25-18)8-11-7-12(20)3-4-14(11)23/h3-8,23H,1-2H3,(H,21,22,24)/b15-8-. The predicted octanol–water partition coefficient (Wildman–Crippen LogP) is 5.32. The van der Waals surface area contributed by atoms with Crippen LogP contribution in [0.1, 0.15) is 16.7 Å². The second-order valence-corrected chi connectivity index (χ2v) is 7.84. The Labute approximate surface area is 163 Å². The van der Waals surface area contributed by atoms with Crippen LogP contribution in [0.3, 0.4) is 0 Å². The Balaban J connectivity index is 1.90. The lowest BCUT2D eigenvalue weighted by atomic mass is 10.1. The van der Waals surface area contributed by atoms with Crippen LogP contribution >= 0.6 is 39.3 Å². The van der Waals surface area contributed by atoms with E-state index >= 15 is 0 Å². The van der Waals surface area contributed by atoms with Gasteiger partial charge in [0, 0.05) is 15.1 Å². The molecule has 4 nitrogen and oxygen atoms in total. The maximum Gasteiger partial charge on any atom is 0.264 e. The van der Waals surface area contributed by atoms with E-state index in [9.17, 15) is 9.90 Å². The number of thioether (sulfide) groups is 1. The van der Waals surface area contributed by atoms with Crippen molar-refractivity contribution in [3.8, 4) is 5.75 Å². The third-order valence-corrected chi connectivity index (χ3v) is 5.97. The minimum atomic E-state index is -0.256. The number of carbonyl (C=O) groups is 1. The van der Waals surface area contributed by atoms with Crippen molar-refractivity contribution in [3.05, 3.63) is 61.4 Å². The molecule has 7 heteroatoms. The van der Waals surface area contributed by atoms with E-state index in [4.69, 9.17) is 11.6 Å². The number of rotatable bonds is 2. The normalized spacial score (nSPS) is 17.4. The number of aliphatic imine (C=N–C) groups is 1. The van der Waals surface area contributed by atoms with Gasteiger partial charge >= 0.3 is 0 Å². The van der Waals surface area contributed by atoms with Crippen molar-refractivity contribution in [2.75, 3.05) is 0 Å². The molecule has 2 aromatic carbocycles. The van der Waals surface area contributed by atoms with Crippen molar-refractivity contribution >= 4 is 62.1 Å². The monoisotopic (exact) mass is 436 g/mol. The molecule has 128 valence electrons. The molecule has 1 heterocycles. The third-order valence-electron chi connectivity index (χ3n) is 3.58. The lowest BCUT2D eigenvalue weighted by molar-refractivity contribution is -0.115. The molecule has 2 N–H and O–H groups in total. The van der Waals surface area contributed by atoms with E-state index in [1.54, 1.807) is 18.2 Å². The number of aryl methyl sites for hydroxylation is 2. The van der Waals surface area contributed by atoms with Crippen LogP contribution in [-0.2, 0) is 4.79 Å². The fourth-order valence-electron chi connectivity index (χ4n) is 2.37. The highest BCUT2D eigenvalue weighted by Crippen LogP contribution is 2.32. The Hall–Kier alpha value is -1.76. The quantitative estimate of drug-likeness (QED) is 0.625. The lowest BCUT2D eigenvalue weighted by Gasteiger charge is -2.04. The largest absolute Gasteiger partial charge is 0.507 e. The molecular formula is C18H14BrClN2O2S. The number of amides is 1. The summed E-state index contributed by atoms with van der Waals surface area (Å²) in [7, 11) is 0. The first kappa shape index (κ1) is 18.0. The first-order chi connectivity index (χ1) is 11.8. The first-order valence-electron chi connectivity index (χ1n) is 7.38. The van der Waals surface area contributed by atoms with Crippen LogP contribution in [0.5, 0.6) is 5.75 Å². The zero-order valence-electron chi connectivity index (χ0n) is 13.4. The van der Waals surface area contributed by atoms with E-state index in [1.807, 2.05) is 26.0 Å². The summed E-state index contributed by atoms with van der Waals surface area (Å²) in [6.45, 7) is 3.99. The second-order valence-electron chi connectivity index (χ2n) is 5.58. The van der Waals surface area contributed by atoms with E-state index in [0.29, 0.717) is 20.7 Å². The molecule has 25 heavy (non-hydrogen) atoms. The van der Waals surface area contributed by atoms with Gasteiger partial charge in [0.15, 0.2) is 5.17 Å². The summed E-state index contributed by atoms with van der Waals surface area (Å²) in [5.41, 5.74) is 3.41. The van der Waals surface area contributed by atoms with Crippen molar-refractivity contribution in [3.63, 3.8) is 0 Å². The summed E-state index contributed by atoms with van der Waals surface area (Å²) in [5.74, 6) is -0.191. The zero-order chi connectivity index (χ0) is 18.1. The van der Waals surface area contributed by atoms with Gasteiger partial charge in [0.25, 0.3) is 5.91 Å². The number of amidine groups is 1. The summed E-state index contributed by atoms with van der Waals surface area (Å²) < 4.78 is 1.05. The van der Waals surface area contributed by atoms with Crippen LogP contribution in [0.4, 0.5) is 5.69 Å². The SMILES string of the molecule is Cc1cc(N=C2NC(=O)/C(=C/c3cc(Cl)ccc3O)S2)cc(C)c1Br. The molecule has 1 fully saturated rings. The number of hydrogen-bond donors (Lipinski definition) is 2. The minimum Gasteiger partial charge on any atom is -0.507 e. The molecule has 0 bridgehead atoms. The van der Waals surface area contributed by atoms with Crippen molar-refractivity contribution in [1.82, 2.24) is 5.32 Å². The Morgan fingerprint density at radius 2 is 1.92 bits per heavy atom. The van der Waals surface area contributed by atoms with Crippen LogP contribution in [0.15, 0.2) is 44.7 Å². The lowest BCUT2D eigenvalue weighted by Crippen LogP contribution is -2.19. The smallest absolute Gasteiger partial charge is 0.264 e. The average molecular weight is 438 g/mol. The van der Waals surface area contributed by atoms with Crippen molar-refractivity contribution in [2.24, 2.45) is 4.99 Å². The van der Waals surface area contributed by atoms with Gasteiger partial charge in [-0.05, 0) is 73.1 Å². The van der Waals surface area contributed by atoms with E-state index < -0.39 is 0 Å². The minimum absolute atomic E-state index is 0.0647. The van der Waals surface area contributed by atoms with Gasteiger partial charge in [-0.2, -0.15) is 0 Å². The number of hydrogen-bond acceptors (Lipinski definition) is 4. The molecular weight excluding hydrogens is 424 g/mol. The zero-order valence-corrected chi connectivity index (χ0v) is 16.6. The van der Waals surface area contributed by atoms with Crippen LogP contribution in [0.25, 0.3) is 6.08 Å². The van der Waals surface area contributed by atoms with Gasteiger partial charge in [0.1, 0.15) is 5.75 Å². The molecule has 1 aliphatic heterocycles. The van der Waals surface area contributed by atoms with Crippen LogP contribution < -0.4 is 5.32 Å². The maximum atomic E-state index is 12.2. The molecule has 0 unspecified atom stereocenters. The third kappa shape index (κ3) is 4.08. The van der Waals surface area contributed by atoms with Crippen molar-refractivity contribution < 1.29 is 9.90 Å². The summed E-state index contributed by atoms with van der Waals surface area (Å²) in [6.07, 6.45) is 1.60. The van der Waals surface area contributed by atoms with Gasteiger partial charge in [0.2, 0.25) is 0 Å². The number of benzene rings is 2. The molecule has 0 radical (unpaired) electrons. The van der Waals surface area contributed by atoms with Gasteiger partial charge in [-0.25, -0.2) is 4.99 Å². The summed E-state index contributed by atoms with van der Waals surface area (Å²) in [5, 5.41) is 13.6. The van der Waals surface area contributed by atoms with Crippen LogP contribution in [0.2, 0.25) is 5.02 Å². The number of halogens is 2. The molecule has 0 atom stereocenters. The fraction of sp³-hybridized carbons (Fsp3) is 0.111. The molecule has 0 spiro atoms. The Kier molecular flexibility index (Phi) is 5.22. The molecule has 1 aliphatic rings. The summed E-state index contributed by atoms with van der Waals surface area (Å²) in [6, 6.07) is 8.58. The van der Waals surface area contributed by atoms with Crippen LogP contribution in [-0.4, -0.2) is 16.2 Å². The number of carbonyl (C=O) groups excluding carboxylic acids is 1. The van der Waals surface area contributed by atoms with E-state index in [1.165, 1.54) is 17.8 Å². The summed E-state index contributed by atoms with van der Waals surface area (Å²) >= 11 is 10.7. The highest BCUT2D eigenvalue weighted by molar-refractivity contribution is 9.10. The van der Waals surface area contributed by atoms with Crippen molar-refractivity contribution in [1.29, 1.82) is 0 Å². The first-order valence-corrected chi connectivity index (χ1v) is 9.37. The highest BCUT2D eigenvalue weighted by atomic mass is 79.9. The van der Waals surface area contributed by atoms with E-state index in [2.05, 4.69) is 26.2 Å². The molecule has 0 saturated carbocycles. The van der Waals surface area contributed by atoms with Gasteiger partial charge in [-0.3, -0.25) is 4.79 Å². The van der Waals surface area contributed by atoms with Gasteiger partial charge in [-0.15, -0.1) is 0 Å². The number of nitrogens with one attached hydrogen (secondary N) is 1. The van der Waals surface area contributed by atoms with Crippen LogP contribution in [0, 0.1) is 13.8 Å². The Bertz CT molecular complexity index is 918. The number of phenols is 1. The second kappa shape index (κ2) is 7.23. The summed E-state index contributed by atoms with van der Waals surface area (Å²) in [4.78, 5) is 17.1. The van der Waals surface area contributed by atoms with E-state index in [-0.39, 0.29) is 11.7 Å². The number of nitrogens with zero attached hydrogens (tertiary/aromatic N) is 1. The van der Waals surface area contributed by atoms with Crippen molar-refractivity contribution in [2.45, 2.75) is 13.8 Å². The molecule has 1 amide bonds. The Morgan fingerprint density at radius 1 is 1.24 bits per heavy atom. The molecule has 3 rings (SSSR count). The van der Waals surface area contributed by atoms with Gasteiger partial charge < -0.3 is 10.4 Å². The molecule has 0 aromatic heterocycles. The molecule has 2 aromatic rings. The molecule has 0 aliphatic carbocycles. The van der Waals surface area contributed by atoms with E-state index in [0.717, 1.165) is 21.3 Å². The highest BCUT2D eigenvalue weighted by Gasteiger charge is 2.24. The Morgan fingerprint density at radius 3 is 2.60 bits per heavy atom. The molecule has 1 saturated heterocycles. The average Bonchev–Trinajstić information content (AvgIpc) is 2.88. The topological polar surface area (TPSA) is 61.7 Å².